The quantitative estimate of drug-likeness (QED) is 0.733. The minimum Gasteiger partial charge on any atom is -0.496 e. The molecule has 0 aromatic heterocycles. The van der Waals surface area contributed by atoms with Crippen molar-refractivity contribution in [2.45, 2.75) is 0 Å². The third kappa shape index (κ3) is 2.67. The Labute approximate surface area is 153 Å². The number of amides is 2. The Morgan fingerprint density at radius 2 is 1.67 bits per heavy atom. The van der Waals surface area contributed by atoms with Crippen molar-refractivity contribution in [3.05, 3.63) is 63.1 Å². The Morgan fingerprint density at radius 3 is 2.38 bits per heavy atom. The van der Waals surface area contributed by atoms with Crippen molar-refractivity contribution in [3.63, 3.8) is 0 Å². The van der Waals surface area contributed by atoms with Gasteiger partial charge in [-0.15, -0.1) is 0 Å². The smallest absolute Gasteiger partial charge is 0.277 e. The van der Waals surface area contributed by atoms with Crippen molar-refractivity contribution in [1.29, 1.82) is 0 Å². The van der Waals surface area contributed by atoms with Crippen molar-refractivity contribution in [3.8, 4) is 5.75 Å². The van der Waals surface area contributed by atoms with Crippen LogP contribution in [0.2, 0.25) is 10.0 Å². The SMILES string of the molecule is COc1ccccc1C1=C(Cl)C(=O)N(c2cc(Cl)ccc2Cl)C1=O. The molecule has 0 bridgehead atoms. The normalized spacial score (nSPS) is 14.6. The van der Waals surface area contributed by atoms with Crippen LogP contribution < -0.4 is 9.64 Å². The van der Waals surface area contributed by atoms with Gasteiger partial charge in [0, 0.05) is 10.6 Å². The van der Waals surface area contributed by atoms with E-state index < -0.39 is 11.8 Å². The maximum Gasteiger partial charge on any atom is 0.277 e. The average Bonchev–Trinajstić information content (AvgIpc) is 2.79. The van der Waals surface area contributed by atoms with Crippen LogP contribution in [0.5, 0.6) is 5.75 Å². The summed E-state index contributed by atoms with van der Waals surface area (Å²) in [5, 5.41) is 0.365. The van der Waals surface area contributed by atoms with Crippen LogP contribution in [0.25, 0.3) is 5.57 Å². The van der Waals surface area contributed by atoms with Gasteiger partial charge in [-0.3, -0.25) is 9.59 Å². The standard InChI is InChI=1S/C17H10Cl3NO3/c1-24-13-5-3-2-4-10(13)14-15(20)17(23)21(16(14)22)12-8-9(18)6-7-11(12)19/h2-8H,1H3. The zero-order chi connectivity index (χ0) is 17.4. The Hall–Kier alpha value is -2.01. The number of carbonyl (C=O) groups excluding carboxylic acids is 2. The van der Waals surface area contributed by atoms with Crippen LogP contribution in [0, 0.1) is 0 Å². The van der Waals surface area contributed by atoms with E-state index in [4.69, 9.17) is 39.5 Å². The molecule has 0 aliphatic carbocycles. The van der Waals surface area contributed by atoms with Gasteiger partial charge in [-0.25, -0.2) is 4.90 Å². The van der Waals surface area contributed by atoms with Gasteiger partial charge in [-0.2, -0.15) is 0 Å². The Balaban J connectivity index is 2.13. The second kappa shape index (κ2) is 6.48. The number of hydrogen-bond donors (Lipinski definition) is 0. The molecule has 24 heavy (non-hydrogen) atoms. The largest absolute Gasteiger partial charge is 0.496 e. The summed E-state index contributed by atoms with van der Waals surface area (Å²) >= 11 is 18.2. The van der Waals surface area contributed by atoms with Crippen LogP contribution in [0.1, 0.15) is 5.56 Å². The van der Waals surface area contributed by atoms with Crippen molar-refractivity contribution in [2.24, 2.45) is 0 Å². The molecular formula is C17H10Cl3NO3. The molecule has 3 rings (SSSR count). The fourth-order valence-corrected chi connectivity index (χ4v) is 3.10. The zero-order valence-electron chi connectivity index (χ0n) is 12.3. The van der Waals surface area contributed by atoms with Gasteiger partial charge < -0.3 is 4.74 Å². The second-order valence-corrected chi connectivity index (χ2v) is 6.15. The van der Waals surface area contributed by atoms with Crippen LogP contribution in [0.4, 0.5) is 5.69 Å². The molecule has 7 heteroatoms. The van der Waals surface area contributed by atoms with Crippen LogP contribution in [-0.2, 0) is 9.59 Å². The second-order valence-electron chi connectivity index (χ2n) is 4.93. The molecule has 0 spiro atoms. The number of carbonyl (C=O) groups is 2. The zero-order valence-corrected chi connectivity index (χ0v) is 14.6. The summed E-state index contributed by atoms with van der Waals surface area (Å²) in [4.78, 5) is 26.3. The van der Waals surface area contributed by atoms with Crippen LogP contribution >= 0.6 is 34.8 Å². The number of hydrogen-bond acceptors (Lipinski definition) is 3. The highest BCUT2D eigenvalue weighted by Gasteiger charge is 2.41. The van der Waals surface area contributed by atoms with Gasteiger partial charge in [0.05, 0.1) is 23.4 Å². The predicted molar refractivity (Wildman–Crippen MR) is 94.7 cm³/mol. The number of ether oxygens (including phenoxy) is 1. The van der Waals surface area contributed by atoms with Gasteiger partial charge >= 0.3 is 0 Å². The third-order valence-electron chi connectivity index (χ3n) is 3.55. The van der Waals surface area contributed by atoms with Gasteiger partial charge in [0.25, 0.3) is 11.8 Å². The highest BCUT2D eigenvalue weighted by atomic mass is 35.5. The number of benzene rings is 2. The van der Waals surface area contributed by atoms with Crippen LogP contribution in [-0.4, -0.2) is 18.9 Å². The van der Waals surface area contributed by atoms with Gasteiger partial charge in [-0.1, -0.05) is 53.0 Å². The molecule has 0 N–H and O–H groups in total. The lowest BCUT2D eigenvalue weighted by Crippen LogP contribution is -2.31. The Kier molecular flexibility index (Phi) is 4.54. The lowest BCUT2D eigenvalue weighted by molar-refractivity contribution is -0.119. The molecule has 0 radical (unpaired) electrons. The third-order valence-corrected chi connectivity index (χ3v) is 4.46. The van der Waals surface area contributed by atoms with Crippen LogP contribution in [0.15, 0.2) is 47.5 Å². The minimum atomic E-state index is -0.660. The van der Waals surface area contributed by atoms with Crippen molar-refractivity contribution in [1.82, 2.24) is 0 Å². The molecule has 0 unspecified atom stereocenters. The number of methoxy groups -OCH3 is 1. The summed E-state index contributed by atoms with van der Waals surface area (Å²) < 4.78 is 5.25. The van der Waals surface area contributed by atoms with E-state index in [0.717, 1.165) is 4.90 Å². The Morgan fingerprint density at radius 1 is 0.958 bits per heavy atom. The number of imide groups is 1. The summed E-state index contributed by atoms with van der Waals surface area (Å²) in [6, 6.07) is 11.3. The maximum atomic E-state index is 12.9. The number of halogens is 3. The molecular weight excluding hydrogens is 373 g/mol. The van der Waals surface area contributed by atoms with Gasteiger partial charge in [-0.05, 0) is 24.3 Å². The fourth-order valence-electron chi connectivity index (χ4n) is 2.46. The average molecular weight is 383 g/mol. The molecule has 1 aliphatic heterocycles. The molecule has 122 valence electrons. The summed E-state index contributed by atoms with van der Waals surface area (Å²) in [6.07, 6.45) is 0. The van der Waals surface area contributed by atoms with E-state index in [2.05, 4.69) is 0 Å². The molecule has 2 aromatic rings. The molecule has 1 aliphatic rings. The highest BCUT2D eigenvalue weighted by Crippen LogP contribution is 2.40. The lowest BCUT2D eigenvalue weighted by Gasteiger charge is -2.17. The first-order chi connectivity index (χ1) is 11.5. The molecule has 0 saturated heterocycles. The minimum absolute atomic E-state index is 0.0650. The van der Waals surface area contributed by atoms with Crippen LogP contribution in [0.3, 0.4) is 0 Å². The van der Waals surface area contributed by atoms with Gasteiger partial charge in [0.2, 0.25) is 0 Å². The topological polar surface area (TPSA) is 46.6 Å². The molecule has 2 aromatic carbocycles. The fraction of sp³-hybridized carbons (Fsp3) is 0.0588. The van der Waals surface area contributed by atoms with Crippen molar-refractivity contribution >= 4 is 57.9 Å². The predicted octanol–water partition coefficient (Wildman–Crippen LogP) is 4.53. The number of rotatable bonds is 3. The molecule has 4 nitrogen and oxygen atoms in total. The van der Waals surface area contributed by atoms with E-state index in [0.29, 0.717) is 16.3 Å². The number of anilines is 1. The highest BCUT2D eigenvalue weighted by molar-refractivity contribution is 6.61. The van der Waals surface area contributed by atoms with Gasteiger partial charge in [0.15, 0.2) is 0 Å². The first-order valence-electron chi connectivity index (χ1n) is 6.82. The Bertz CT molecular complexity index is 892. The molecule has 1 heterocycles. The molecule has 2 amide bonds. The number of nitrogens with zero attached hydrogens (tertiary/aromatic N) is 1. The first-order valence-corrected chi connectivity index (χ1v) is 7.96. The summed E-state index contributed by atoms with van der Waals surface area (Å²) in [5.41, 5.74) is 0.682. The van der Waals surface area contributed by atoms with E-state index in [9.17, 15) is 9.59 Å². The van der Waals surface area contributed by atoms with E-state index in [1.165, 1.54) is 19.2 Å². The first kappa shape index (κ1) is 16.8. The molecule has 0 atom stereocenters. The molecule has 0 saturated carbocycles. The maximum absolute atomic E-state index is 12.9. The van der Waals surface area contributed by atoms with E-state index in [1.54, 1.807) is 30.3 Å². The lowest BCUT2D eigenvalue weighted by atomic mass is 10.1. The van der Waals surface area contributed by atoms with E-state index in [-0.39, 0.29) is 21.3 Å². The van der Waals surface area contributed by atoms with E-state index >= 15 is 0 Å². The van der Waals surface area contributed by atoms with Crippen molar-refractivity contribution < 1.29 is 14.3 Å². The monoisotopic (exact) mass is 381 g/mol. The van der Waals surface area contributed by atoms with E-state index in [1.807, 2.05) is 0 Å². The summed E-state index contributed by atoms with van der Waals surface area (Å²) in [7, 11) is 1.47. The number of para-hydroxylation sites is 1. The van der Waals surface area contributed by atoms with Gasteiger partial charge in [0.1, 0.15) is 10.8 Å². The summed E-state index contributed by atoms with van der Waals surface area (Å²) in [6.45, 7) is 0. The van der Waals surface area contributed by atoms with Crippen molar-refractivity contribution in [2.75, 3.05) is 12.0 Å². The molecule has 0 fully saturated rings. The summed E-state index contributed by atoms with van der Waals surface area (Å²) in [5.74, 6) is -0.809.